The first-order valence-corrected chi connectivity index (χ1v) is 9.49. The molecule has 0 saturated heterocycles. The SMILES string of the molecule is CCN(CC(=O)O)C1CC(Nc2ccc(C(=O)c3ccccc3)cc2[N+](=O)[O-])C1. The Morgan fingerprint density at radius 1 is 1.17 bits per heavy atom. The van der Waals surface area contributed by atoms with Gasteiger partial charge in [-0.15, -0.1) is 0 Å². The third-order valence-corrected chi connectivity index (χ3v) is 5.23. The second kappa shape index (κ2) is 8.83. The molecule has 0 amide bonds. The lowest BCUT2D eigenvalue weighted by Gasteiger charge is -2.42. The van der Waals surface area contributed by atoms with Gasteiger partial charge in [0.05, 0.1) is 11.5 Å². The van der Waals surface area contributed by atoms with Gasteiger partial charge in [0, 0.05) is 29.3 Å². The monoisotopic (exact) mass is 397 g/mol. The van der Waals surface area contributed by atoms with Gasteiger partial charge in [0.2, 0.25) is 0 Å². The number of anilines is 1. The molecule has 1 aliphatic rings. The standard InChI is InChI=1S/C21H23N3O5/c1-2-23(13-20(25)26)17-11-16(12-17)22-18-9-8-15(10-19(18)24(28)29)21(27)14-6-4-3-5-7-14/h3-10,16-17,22H,2,11-13H2,1H3,(H,25,26). The van der Waals surface area contributed by atoms with Crippen LogP contribution in [0.5, 0.6) is 0 Å². The molecule has 0 aromatic heterocycles. The molecule has 29 heavy (non-hydrogen) atoms. The molecule has 0 radical (unpaired) electrons. The Hall–Kier alpha value is -3.26. The van der Waals surface area contributed by atoms with Crippen LogP contribution in [0.2, 0.25) is 0 Å². The Kier molecular flexibility index (Phi) is 6.23. The summed E-state index contributed by atoms with van der Waals surface area (Å²) < 4.78 is 0. The molecule has 1 fully saturated rings. The number of carboxylic acids is 1. The highest BCUT2D eigenvalue weighted by atomic mass is 16.6. The summed E-state index contributed by atoms with van der Waals surface area (Å²) in [6.07, 6.45) is 1.42. The molecule has 8 heteroatoms. The van der Waals surface area contributed by atoms with Crippen molar-refractivity contribution in [1.82, 2.24) is 4.90 Å². The summed E-state index contributed by atoms with van der Waals surface area (Å²) in [5.41, 5.74) is 0.957. The maximum absolute atomic E-state index is 12.6. The van der Waals surface area contributed by atoms with Crippen LogP contribution >= 0.6 is 0 Å². The largest absolute Gasteiger partial charge is 0.480 e. The maximum atomic E-state index is 12.6. The molecule has 1 saturated carbocycles. The first-order chi connectivity index (χ1) is 13.9. The lowest BCUT2D eigenvalue weighted by Crippen LogP contribution is -2.51. The molecule has 152 valence electrons. The van der Waals surface area contributed by atoms with E-state index in [1.165, 1.54) is 6.07 Å². The van der Waals surface area contributed by atoms with Crippen LogP contribution in [0.3, 0.4) is 0 Å². The number of nitrogens with one attached hydrogen (secondary N) is 1. The molecule has 1 aliphatic carbocycles. The number of aliphatic carboxylic acids is 1. The summed E-state index contributed by atoms with van der Waals surface area (Å²) in [6, 6.07) is 13.3. The van der Waals surface area contributed by atoms with Crippen LogP contribution in [0.15, 0.2) is 48.5 Å². The van der Waals surface area contributed by atoms with Crippen LogP contribution in [0.1, 0.15) is 35.7 Å². The second-order valence-electron chi connectivity index (χ2n) is 7.11. The van der Waals surface area contributed by atoms with E-state index in [0.717, 1.165) is 0 Å². The van der Waals surface area contributed by atoms with Crippen LogP contribution in [-0.2, 0) is 4.79 Å². The fourth-order valence-electron chi connectivity index (χ4n) is 3.60. The van der Waals surface area contributed by atoms with Gasteiger partial charge in [-0.25, -0.2) is 0 Å². The Labute approximate surface area is 168 Å². The molecule has 2 aromatic carbocycles. The van der Waals surface area contributed by atoms with E-state index in [-0.39, 0.29) is 35.7 Å². The quantitative estimate of drug-likeness (QED) is 0.380. The van der Waals surface area contributed by atoms with Crippen molar-refractivity contribution in [3.05, 3.63) is 69.8 Å². The minimum Gasteiger partial charge on any atom is -0.480 e. The highest BCUT2D eigenvalue weighted by Gasteiger charge is 2.34. The van der Waals surface area contributed by atoms with Crippen molar-refractivity contribution in [2.45, 2.75) is 31.8 Å². The first kappa shape index (κ1) is 20.5. The zero-order valence-electron chi connectivity index (χ0n) is 16.1. The number of ketones is 1. The summed E-state index contributed by atoms with van der Waals surface area (Å²) >= 11 is 0. The summed E-state index contributed by atoms with van der Waals surface area (Å²) in [7, 11) is 0. The number of benzene rings is 2. The highest BCUT2D eigenvalue weighted by molar-refractivity contribution is 6.09. The lowest BCUT2D eigenvalue weighted by atomic mass is 9.85. The Balaban J connectivity index is 1.70. The van der Waals surface area contributed by atoms with Crippen molar-refractivity contribution < 1.29 is 19.6 Å². The zero-order chi connectivity index (χ0) is 21.0. The van der Waals surface area contributed by atoms with Gasteiger partial charge >= 0.3 is 5.97 Å². The summed E-state index contributed by atoms with van der Waals surface area (Å²) in [4.78, 5) is 36.4. The van der Waals surface area contributed by atoms with Gasteiger partial charge in [-0.05, 0) is 31.5 Å². The van der Waals surface area contributed by atoms with Crippen LogP contribution in [0.4, 0.5) is 11.4 Å². The van der Waals surface area contributed by atoms with E-state index >= 15 is 0 Å². The van der Waals surface area contributed by atoms with E-state index in [2.05, 4.69) is 5.32 Å². The smallest absolute Gasteiger partial charge is 0.317 e. The summed E-state index contributed by atoms with van der Waals surface area (Å²) in [6.45, 7) is 2.54. The van der Waals surface area contributed by atoms with Crippen molar-refractivity contribution in [2.24, 2.45) is 0 Å². The topological polar surface area (TPSA) is 113 Å². The van der Waals surface area contributed by atoms with Gasteiger partial charge in [-0.3, -0.25) is 24.6 Å². The second-order valence-corrected chi connectivity index (χ2v) is 7.11. The Morgan fingerprint density at radius 2 is 1.86 bits per heavy atom. The first-order valence-electron chi connectivity index (χ1n) is 9.49. The molecule has 0 atom stereocenters. The Morgan fingerprint density at radius 3 is 2.45 bits per heavy atom. The minimum atomic E-state index is -0.863. The molecule has 0 heterocycles. The number of rotatable bonds is 9. The fraction of sp³-hybridized carbons (Fsp3) is 0.333. The van der Waals surface area contributed by atoms with E-state index in [1.807, 2.05) is 11.8 Å². The van der Waals surface area contributed by atoms with Gasteiger partial charge in [0.25, 0.3) is 5.69 Å². The molecule has 2 N–H and O–H groups in total. The lowest BCUT2D eigenvalue weighted by molar-refractivity contribution is -0.384. The van der Waals surface area contributed by atoms with E-state index in [1.54, 1.807) is 42.5 Å². The molecule has 2 aromatic rings. The van der Waals surface area contributed by atoms with Gasteiger partial charge in [0.1, 0.15) is 5.69 Å². The molecule has 0 bridgehead atoms. The molecule has 3 rings (SSSR count). The van der Waals surface area contributed by atoms with E-state index < -0.39 is 10.9 Å². The molecule has 8 nitrogen and oxygen atoms in total. The zero-order valence-corrected chi connectivity index (χ0v) is 16.1. The average molecular weight is 397 g/mol. The van der Waals surface area contributed by atoms with Gasteiger partial charge in [-0.2, -0.15) is 0 Å². The van der Waals surface area contributed by atoms with Crippen molar-refractivity contribution in [1.29, 1.82) is 0 Å². The number of nitro groups is 1. The van der Waals surface area contributed by atoms with Crippen LogP contribution in [-0.4, -0.2) is 51.9 Å². The number of carbonyl (C=O) groups excluding carboxylic acids is 1. The fourth-order valence-corrected chi connectivity index (χ4v) is 3.60. The molecule has 0 spiro atoms. The van der Waals surface area contributed by atoms with Gasteiger partial charge < -0.3 is 10.4 Å². The Bertz CT molecular complexity index is 910. The van der Waals surface area contributed by atoms with E-state index in [9.17, 15) is 19.7 Å². The van der Waals surface area contributed by atoms with E-state index in [0.29, 0.717) is 30.6 Å². The normalized spacial score (nSPS) is 18.1. The van der Waals surface area contributed by atoms with Crippen molar-refractivity contribution >= 4 is 23.1 Å². The average Bonchev–Trinajstić information content (AvgIpc) is 2.68. The number of nitro benzene ring substituents is 1. The maximum Gasteiger partial charge on any atom is 0.317 e. The number of carbonyl (C=O) groups is 2. The molecule has 0 unspecified atom stereocenters. The predicted molar refractivity (Wildman–Crippen MR) is 108 cm³/mol. The van der Waals surface area contributed by atoms with Gasteiger partial charge in [-0.1, -0.05) is 37.3 Å². The van der Waals surface area contributed by atoms with Crippen LogP contribution < -0.4 is 5.32 Å². The molecule has 0 aliphatic heterocycles. The third-order valence-electron chi connectivity index (χ3n) is 5.23. The van der Waals surface area contributed by atoms with Crippen LogP contribution in [0, 0.1) is 10.1 Å². The van der Waals surface area contributed by atoms with E-state index in [4.69, 9.17) is 5.11 Å². The van der Waals surface area contributed by atoms with Crippen molar-refractivity contribution in [2.75, 3.05) is 18.4 Å². The number of nitrogens with zero attached hydrogens (tertiary/aromatic N) is 2. The predicted octanol–water partition coefficient (Wildman–Crippen LogP) is 3.18. The third kappa shape index (κ3) is 4.78. The van der Waals surface area contributed by atoms with Gasteiger partial charge in [0.15, 0.2) is 5.78 Å². The molecular weight excluding hydrogens is 374 g/mol. The van der Waals surface area contributed by atoms with Crippen molar-refractivity contribution in [3.63, 3.8) is 0 Å². The number of carboxylic acid groups (broad SMARTS) is 1. The molecular formula is C21H23N3O5. The van der Waals surface area contributed by atoms with Crippen molar-refractivity contribution in [3.8, 4) is 0 Å². The minimum absolute atomic E-state index is 0.00959. The highest BCUT2D eigenvalue weighted by Crippen LogP contribution is 2.33. The number of likely N-dealkylation sites (N-methyl/N-ethyl adjacent to an activating group) is 1. The number of hydrogen-bond donors (Lipinski definition) is 2. The summed E-state index contributed by atoms with van der Waals surface area (Å²) in [5.74, 6) is -1.13. The van der Waals surface area contributed by atoms with Crippen LogP contribution in [0.25, 0.3) is 0 Å². The summed E-state index contributed by atoms with van der Waals surface area (Å²) in [5, 5.41) is 23.7. The number of hydrogen-bond acceptors (Lipinski definition) is 6.